The zero-order valence-electron chi connectivity index (χ0n) is 12.1. The van der Waals surface area contributed by atoms with E-state index in [1.807, 2.05) is 6.92 Å². The first-order valence-corrected chi connectivity index (χ1v) is 8.63. The van der Waals surface area contributed by atoms with E-state index in [2.05, 4.69) is 5.32 Å². The van der Waals surface area contributed by atoms with E-state index >= 15 is 0 Å². The fraction of sp³-hybridized carbons (Fsp3) is 0.571. The van der Waals surface area contributed by atoms with Crippen LogP contribution in [0.4, 0.5) is 4.39 Å². The lowest BCUT2D eigenvalue weighted by molar-refractivity contribution is 0.0252. The second-order valence-corrected chi connectivity index (χ2v) is 7.58. The van der Waals surface area contributed by atoms with Crippen LogP contribution in [0.3, 0.4) is 0 Å². The Kier molecular flexibility index (Phi) is 4.67. The standard InChI is InChI=1S/C14H20FNO4S/c1-10(16-8-14(17)5-6-20-9-14)11-3-4-13(12(15)7-11)21(2,18)19/h3-4,7,10,16-17H,5-6,8-9H2,1-2H3/t10-,14-/m1/s1. The van der Waals surface area contributed by atoms with Gasteiger partial charge in [0.15, 0.2) is 9.84 Å². The van der Waals surface area contributed by atoms with Gasteiger partial charge in [-0.1, -0.05) is 6.07 Å². The molecule has 0 amide bonds. The van der Waals surface area contributed by atoms with E-state index in [4.69, 9.17) is 4.74 Å². The first-order chi connectivity index (χ1) is 9.71. The minimum Gasteiger partial charge on any atom is -0.386 e. The van der Waals surface area contributed by atoms with Gasteiger partial charge in [-0.25, -0.2) is 12.8 Å². The lowest BCUT2D eigenvalue weighted by Crippen LogP contribution is -2.41. The summed E-state index contributed by atoms with van der Waals surface area (Å²) in [6.07, 6.45) is 1.54. The van der Waals surface area contributed by atoms with Crippen LogP contribution in [0.5, 0.6) is 0 Å². The van der Waals surface area contributed by atoms with Gasteiger partial charge in [-0.15, -0.1) is 0 Å². The van der Waals surface area contributed by atoms with Crippen LogP contribution >= 0.6 is 0 Å². The molecule has 1 saturated heterocycles. The number of ether oxygens (including phenoxy) is 1. The summed E-state index contributed by atoms with van der Waals surface area (Å²) in [5.41, 5.74) is -0.262. The van der Waals surface area contributed by atoms with Gasteiger partial charge in [0.1, 0.15) is 16.3 Å². The van der Waals surface area contributed by atoms with Gasteiger partial charge in [0, 0.05) is 31.9 Å². The van der Waals surface area contributed by atoms with E-state index < -0.39 is 21.3 Å². The number of rotatable bonds is 5. The van der Waals surface area contributed by atoms with Crippen molar-refractivity contribution >= 4 is 9.84 Å². The predicted octanol–water partition coefficient (Wildman–Crippen LogP) is 1.03. The molecule has 21 heavy (non-hydrogen) atoms. The van der Waals surface area contributed by atoms with Crippen LogP contribution < -0.4 is 5.32 Å². The average Bonchev–Trinajstić information content (AvgIpc) is 2.82. The van der Waals surface area contributed by atoms with E-state index in [9.17, 15) is 17.9 Å². The molecule has 0 radical (unpaired) electrons. The molecular weight excluding hydrogens is 297 g/mol. The second-order valence-electron chi connectivity index (χ2n) is 5.59. The monoisotopic (exact) mass is 317 g/mol. The molecule has 0 aliphatic carbocycles. The highest BCUT2D eigenvalue weighted by Gasteiger charge is 2.32. The lowest BCUT2D eigenvalue weighted by atomic mass is 10.0. The van der Waals surface area contributed by atoms with Crippen molar-refractivity contribution < 1.29 is 22.7 Å². The van der Waals surface area contributed by atoms with Gasteiger partial charge in [0.25, 0.3) is 0 Å². The van der Waals surface area contributed by atoms with Gasteiger partial charge in [0.2, 0.25) is 0 Å². The highest BCUT2D eigenvalue weighted by molar-refractivity contribution is 7.90. The fourth-order valence-electron chi connectivity index (χ4n) is 2.28. The summed E-state index contributed by atoms with van der Waals surface area (Å²) in [6.45, 7) is 2.98. The van der Waals surface area contributed by atoms with Crippen LogP contribution in [0, 0.1) is 5.82 Å². The maximum atomic E-state index is 13.8. The third-order valence-corrected chi connectivity index (χ3v) is 4.81. The van der Waals surface area contributed by atoms with Crippen LogP contribution in [0.2, 0.25) is 0 Å². The van der Waals surface area contributed by atoms with Crippen molar-refractivity contribution in [2.45, 2.75) is 29.9 Å². The lowest BCUT2D eigenvalue weighted by Gasteiger charge is -2.24. The van der Waals surface area contributed by atoms with Gasteiger partial charge in [-0.05, 0) is 24.6 Å². The Bertz CT molecular complexity index is 611. The van der Waals surface area contributed by atoms with Crippen LogP contribution in [0.25, 0.3) is 0 Å². The SMILES string of the molecule is C[C@@H](NC[C@]1(O)CCOC1)c1ccc(S(C)(=O)=O)c(F)c1. The first kappa shape index (κ1) is 16.4. The molecule has 2 N–H and O–H groups in total. The van der Waals surface area contributed by atoms with E-state index in [1.54, 1.807) is 6.07 Å². The average molecular weight is 317 g/mol. The number of nitrogens with one attached hydrogen (secondary N) is 1. The minimum absolute atomic E-state index is 0.210. The van der Waals surface area contributed by atoms with Gasteiger partial charge in [-0.3, -0.25) is 0 Å². The Labute approximate surface area is 124 Å². The van der Waals surface area contributed by atoms with Gasteiger partial charge < -0.3 is 15.2 Å². The molecule has 1 aliphatic rings. The Morgan fingerprint density at radius 3 is 2.76 bits per heavy atom. The molecule has 2 atom stereocenters. The Balaban J connectivity index is 2.06. The molecule has 1 aliphatic heterocycles. The molecule has 1 aromatic rings. The molecule has 0 aromatic heterocycles. The van der Waals surface area contributed by atoms with Gasteiger partial charge in [0.05, 0.1) is 6.61 Å². The largest absolute Gasteiger partial charge is 0.386 e. The van der Waals surface area contributed by atoms with Crippen molar-refractivity contribution in [1.29, 1.82) is 0 Å². The molecule has 1 heterocycles. The van der Waals surface area contributed by atoms with Crippen molar-refractivity contribution in [2.24, 2.45) is 0 Å². The van der Waals surface area contributed by atoms with Crippen LogP contribution in [-0.2, 0) is 14.6 Å². The van der Waals surface area contributed by atoms with E-state index in [0.29, 0.717) is 25.1 Å². The maximum absolute atomic E-state index is 13.8. The van der Waals surface area contributed by atoms with Crippen LogP contribution in [-0.4, -0.2) is 45.1 Å². The number of halogens is 1. The Hall–Kier alpha value is -1.02. The summed E-state index contributed by atoms with van der Waals surface area (Å²) in [4.78, 5) is -0.304. The smallest absolute Gasteiger partial charge is 0.178 e. The molecular formula is C14H20FNO4S. The molecule has 1 aromatic carbocycles. The number of sulfone groups is 1. The number of benzene rings is 1. The van der Waals surface area contributed by atoms with Crippen LogP contribution in [0.1, 0.15) is 24.9 Å². The molecule has 0 saturated carbocycles. The summed E-state index contributed by atoms with van der Waals surface area (Å²) in [5.74, 6) is -0.758. The molecule has 2 rings (SSSR count). The van der Waals surface area contributed by atoms with E-state index in [1.165, 1.54) is 12.1 Å². The van der Waals surface area contributed by atoms with Crippen LogP contribution in [0.15, 0.2) is 23.1 Å². The molecule has 0 bridgehead atoms. The maximum Gasteiger partial charge on any atom is 0.178 e. The molecule has 5 nitrogen and oxygen atoms in total. The van der Waals surface area contributed by atoms with Crippen molar-refractivity contribution in [3.05, 3.63) is 29.6 Å². The predicted molar refractivity (Wildman–Crippen MR) is 76.3 cm³/mol. The quantitative estimate of drug-likeness (QED) is 0.848. The fourth-order valence-corrected chi connectivity index (χ4v) is 3.01. The molecule has 118 valence electrons. The first-order valence-electron chi connectivity index (χ1n) is 6.74. The second kappa shape index (κ2) is 6.00. The number of hydrogen-bond donors (Lipinski definition) is 2. The van der Waals surface area contributed by atoms with Crippen molar-refractivity contribution in [3.63, 3.8) is 0 Å². The summed E-state index contributed by atoms with van der Waals surface area (Å²) < 4.78 is 41.7. The summed E-state index contributed by atoms with van der Waals surface area (Å²) in [5, 5.41) is 13.3. The highest BCUT2D eigenvalue weighted by atomic mass is 32.2. The van der Waals surface area contributed by atoms with E-state index in [-0.39, 0.29) is 17.5 Å². The van der Waals surface area contributed by atoms with Gasteiger partial charge in [-0.2, -0.15) is 0 Å². The van der Waals surface area contributed by atoms with Crippen molar-refractivity contribution in [2.75, 3.05) is 26.0 Å². The summed E-state index contributed by atoms with van der Waals surface area (Å²) in [6, 6.07) is 3.85. The Morgan fingerprint density at radius 2 is 2.24 bits per heavy atom. The van der Waals surface area contributed by atoms with Crippen molar-refractivity contribution in [1.82, 2.24) is 5.32 Å². The zero-order chi connectivity index (χ0) is 15.7. The zero-order valence-corrected chi connectivity index (χ0v) is 12.9. The topological polar surface area (TPSA) is 75.6 Å². The third kappa shape index (κ3) is 4.00. The van der Waals surface area contributed by atoms with E-state index in [0.717, 1.165) is 6.26 Å². The molecule has 0 unspecified atom stereocenters. The molecule has 1 fully saturated rings. The number of aliphatic hydroxyl groups is 1. The molecule has 7 heteroatoms. The number of hydrogen-bond acceptors (Lipinski definition) is 5. The summed E-state index contributed by atoms with van der Waals surface area (Å²) >= 11 is 0. The van der Waals surface area contributed by atoms with Gasteiger partial charge >= 0.3 is 0 Å². The summed E-state index contributed by atoms with van der Waals surface area (Å²) in [7, 11) is -3.56. The van der Waals surface area contributed by atoms with Crippen molar-refractivity contribution in [3.8, 4) is 0 Å². The molecule has 0 spiro atoms. The Morgan fingerprint density at radius 1 is 1.52 bits per heavy atom. The normalized spacial score (nSPS) is 24.2. The minimum atomic E-state index is -3.56. The third-order valence-electron chi connectivity index (χ3n) is 3.68. The highest BCUT2D eigenvalue weighted by Crippen LogP contribution is 2.22.